The average molecular weight is 176 g/mol. The molecule has 2 heteroatoms. The van der Waals surface area contributed by atoms with Crippen LogP contribution in [-0.4, -0.2) is 20.9 Å². The van der Waals surface area contributed by atoms with E-state index in [0.29, 0.717) is 0 Å². The van der Waals surface area contributed by atoms with Gasteiger partial charge in [-0.2, -0.15) is 0 Å². The molecule has 0 nitrogen and oxygen atoms in total. The molecule has 0 aromatic rings. The molecule has 0 saturated carbocycles. The number of rotatable bonds is 1. The Morgan fingerprint density at radius 1 is 2.00 bits per heavy atom. The third-order valence-electron chi connectivity index (χ3n) is 0.167. The van der Waals surface area contributed by atoms with Gasteiger partial charge >= 0.3 is 40.9 Å². The summed E-state index contributed by atoms with van der Waals surface area (Å²) in [5.74, 6) is 0. The van der Waals surface area contributed by atoms with Crippen molar-refractivity contribution in [2.75, 3.05) is 0 Å². The van der Waals surface area contributed by atoms with Gasteiger partial charge in [0.05, 0.1) is 0 Å². The molecule has 0 aliphatic rings. The van der Waals surface area contributed by atoms with Crippen molar-refractivity contribution < 1.29 is 0 Å². The van der Waals surface area contributed by atoms with Gasteiger partial charge in [0, 0.05) is 0 Å². The van der Waals surface area contributed by atoms with Crippen LogP contribution in [0.3, 0.4) is 0 Å². The Balaban J connectivity index is 2.30. The topological polar surface area (TPSA) is 0 Å². The van der Waals surface area contributed by atoms with E-state index < -0.39 is 0 Å². The summed E-state index contributed by atoms with van der Waals surface area (Å²) in [6.45, 7) is 2.16. The SMILES string of the molecule is C[CH2][In]=[S]. The van der Waals surface area contributed by atoms with Gasteiger partial charge in [-0.1, -0.05) is 0 Å². The molecule has 0 unspecified atom stereocenters. The maximum absolute atomic E-state index is 4.74. The van der Waals surface area contributed by atoms with E-state index in [-0.39, 0.29) is 20.9 Å². The van der Waals surface area contributed by atoms with Crippen molar-refractivity contribution in [3.63, 3.8) is 0 Å². The van der Waals surface area contributed by atoms with E-state index in [0.717, 1.165) is 0 Å². The summed E-state index contributed by atoms with van der Waals surface area (Å²) in [4.78, 5) is 0. The Morgan fingerprint density at radius 2 is 2.25 bits per heavy atom. The second-order valence-electron chi connectivity index (χ2n) is 0.575. The minimum absolute atomic E-state index is 0.322. The molecule has 0 heterocycles. The summed E-state index contributed by atoms with van der Waals surface area (Å²) < 4.78 is 1.32. The normalized spacial score (nSPS) is 5.25. The molecule has 0 atom stereocenters. The summed E-state index contributed by atoms with van der Waals surface area (Å²) in [7, 11) is 4.74. The summed E-state index contributed by atoms with van der Waals surface area (Å²) in [5.41, 5.74) is 0. The Morgan fingerprint density at radius 3 is 2.25 bits per heavy atom. The monoisotopic (exact) mass is 176 g/mol. The molecule has 0 fully saturated rings. The predicted molar refractivity (Wildman–Crippen MR) is 23.8 cm³/mol. The predicted octanol–water partition coefficient (Wildman–Crippen LogP) is 1.24. The molecule has 0 N–H and O–H groups in total. The Bertz CT molecular complexity index is 20.0. The van der Waals surface area contributed by atoms with Gasteiger partial charge in [0.15, 0.2) is 0 Å². The fraction of sp³-hybridized carbons (Fsp3) is 1.00. The van der Waals surface area contributed by atoms with Gasteiger partial charge in [-0.15, -0.1) is 0 Å². The summed E-state index contributed by atoms with van der Waals surface area (Å²) >= 11 is -0.322. The zero-order valence-corrected chi connectivity index (χ0v) is 6.80. The molecule has 0 aromatic carbocycles. The summed E-state index contributed by atoms with van der Waals surface area (Å²) in [6, 6.07) is 0. The minimum atomic E-state index is -0.322. The van der Waals surface area contributed by atoms with Crippen LogP contribution in [0.1, 0.15) is 6.92 Å². The van der Waals surface area contributed by atoms with Crippen LogP contribution in [0, 0.1) is 0 Å². The number of hydrogen-bond acceptors (Lipinski definition) is 1. The first-order chi connectivity index (χ1) is 1.91. The summed E-state index contributed by atoms with van der Waals surface area (Å²) in [5, 5.41) is 0. The zero-order valence-electron chi connectivity index (χ0n) is 2.69. The van der Waals surface area contributed by atoms with Crippen LogP contribution < -0.4 is 0 Å². The van der Waals surface area contributed by atoms with Crippen LogP contribution in [0.4, 0.5) is 0 Å². The van der Waals surface area contributed by atoms with E-state index in [9.17, 15) is 0 Å². The van der Waals surface area contributed by atoms with Gasteiger partial charge < -0.3 is 0 Å². The third-order valence-corrected chi connectivity index (χ3v) is 3.35. The first kappa shape index (κ1) is 5.09. The molecule has 0 saturated heterocycles. The first-order valence-electron chi connectivity index (χ1n) is 1.35. The first-order valence-corrected chi connectivity index (χ1v) is 8.19. The molecule has 22 valence electrons. The molecule has 0 rings (SSSR count). The van der Waals surface area contributed by atoms with Crippen LogP contribution in [0.15, 0.2) is 0 Å². The molecule has 0 spiro atoms. The van der Waals surface area contributed by atoms with Gasteiger partial charge in [-0.05, 0) is 0 Å². The fourth-order valence-electron chi connectivity index (χ4n) is 0. The average Bonchev–Trinajstić information content (AvgIpc) is 1.37. The molecular weight excluding hydrogens is 171 g/mol. The molecule has 0 aliphatic heterocycles. The summed E-state index contributed by atoms with van der Waals surface area (Å²) in [6.07, 6.45) is 0. The van der Waals surface area contributed by atoms with Crippen molar-refractivity contribution >= 4 is 29.8 Å². The van der Waals surface area contributed by atoms with Crippen molar-refractivity contribution in [2.45, 2.75) is 11.1 Å². The van der Waals surface area contributed by atoms with Gasteiger partial charge in [0.1, 0.15) is 0 Å². The standard InChI is InChI=1S/C2H5.In.S/c1-2;;/h1H2,2H3;;. The third kappa shape index (κ3) is 3.09. The van der Waals surface area contributed by atoms with Crippen molar-refractivity contribution in [2.24, 2.45) is 0 Å². The quantitative estimate of drug-likeness (QED) is 0.579. The Labute approximate surface area is 40.9 Å². The van der Waals surface area contributed by atoms with E-state index >= 15 is 0 Å². The molecule has 0 aromatic heterocycles. The van der Waals surface area contributed by atoms with Gasteiger partial charge in [-0.25, -0.2) is 0 Å². The van der Waals surface area contributed by atoms with Crippen LogP contribution in [-0.2, 0) is 0 Å². The van der Waals surface area contributed by atoms with E-state index in [2.05, 4.69) is 6.92 Å². The molecule has 0 amide bonds. The number of hydrogen-bond donors (Lipinski definition) is 0. The maximum atomic E-state index is 4.74. The van der Waals surface area contributed by atoms with Gasteiger partial charge in [-0.3, -0.25) is 0 Å². The van der Waals surface area contributed by atoms with E-state index in [1.807, 2.05) is 0 Å². The van der Waals surface area contributed by atoms with Crippen LogP contribution in [0.5, 0.6) is 0 Å². The van der Waals surface area contributed by atoms with Crippen molar-refractivity contribution in [3.8, 4) is 0 Å². The Hall–Kier alpha value is 1.09. The van der Waals surface area contributed by atoms with Crippen LogP contribution >= 0.6 is 8.92 Å². The van der Waals surface area contributed by atoms with E-state index in [1.54, 1.807) is 0 Å². The second kappa shape index (κ2) is 4.09. The molecule has 0 radical (unpaired) electrons. The van der Waals surface area contributed by atoms with Crippen LogP contribution in [0.2, 0.25) is 4.18 Å². The molecule has 0 aliphatic carbocycles. The van der Waals surface area contributed by atoms with Crippen molar-refractivity contribution in [1.82, 2.24) is 0 Å². The van der Waals surface area contributed by atoms with Crippen LogP contribution in [0.25, 0.3) is 0 Å². The zero-order chi connectivity index (χ0) is 3.41. The molecule has 4 heavy (non-hydrogen) atoms. The second-order valence-corrected chi connectivity index (χ2v) is 6.09. The van der Waals surface area contributed by atoms with Crippen molar-refractivity contribution in [3.05, 3.63) is 0 Å². The molecular formula is C2H5InS. The Kier molecular flexibility index (Phi) is 5.20. The van der Waals surface area contributed by atoms with E-state index in [4.69, 9.17) is 8.92 Å². The molecule has 0 bridgehead atoms. The van der Waals surface area contributed by atoms with Crippen molar-refractivity contribution in [1.29, 1.82) is 0 Å². The van der Waals surface area contributed by atoms with Gasteiger partial charge in [0.2, 0.25) is 0 Å². The van der Waals surface area contributed by atoms with Gasteiger partial charge in [0.25, 0.3) is 0 Å². The fourth-order valence-corrected chi connectivity index (χ4v) is 0. The van der Waals surface area contributed by atoms with E-state index in [1.165, 1.54) is 4.18 Å².